The molecule has 2 aliphatic heterocycles. The second-order valence-electron chi connectivity index (χ2n) is 5.61. The molecule has 1 aromatic carbocycles. The Kier molecular flexibility index (Phi) is 5.08. The van der Waals surface area contributed by atoms with E-state index in [1.807, 2.05) is 0 Å². The van der Waals surface area contributed by atoms with E-state index in [0.717, 1.165) is 58.3 Å². The minimum atomic E-state index is 0.230. The van der Waals surface area contributed by atoms with E-state index in [2.05, 4.69) is 50.9 Å². The molecule has 2 N–H and O–H groups in total. The lowest BCUT2D eigenvalue weighted by Crippen LogP contribution is -2.50. The maximum absolute atomic E-state index is 5.85. The van der Waals surface area contributed by atoms with Crippen LogP contribution in [-0.2, 0) is 11.3 Å². The number of guanidine groups is 1. The first-order valence-electron chi connectivity index (χ1n) is 7.80. The predicted octanol–water partition coefficient (Wildman–Crippen LogP) is 0.826. The van der Waals surface area contributed by atoms with Crippen LogP contribution in [0.1, 0.15) is 12.0 Å². The van der Waals surface area contributed by atoms with Crippen molar-refractivity contribution in [2.45, 2.75) is 19.1 Å². The number of nitrogens with one attached hydrogen (secondary N) is 2. The fourth-order valence-corrected chi connectivity index (χ4v) is 2.75. The highest BCUT2D eigenvalue weighted by molar-refractivity contribution is 5.80. The molecule has 114 valence electrons. The Morgan fingerprint density at radius 2 is 2.24 bits per heavy atom. The summed E-state index contributed by atoms with van der Waals surface area (Å²) in [6, 6.07) is 10.6. The zero-order valence-corrected chi connectivity index (χ0v) is 12.4. The van der Waals surface area contributed by atoms with Crippen LogP contribution >= 0.6 is 0 Å². The second-order valence-corrected chi connectivity index (χ2v) is 5.61. The molecule has 1 fully saturated rings. The number of morpholine rings is 1. The van der Waals surface area contributed by atoms with Crippen molar-refractivity contribution in [3.05, 3.63) is 35.9 Å². The highest BCUT2D eigenvalue weighted by Gasteiger charge is 2.20. The Hall–Kier alpha value is -1.59. The minimum absolute atomic E-state index is 0.230. The summed E-state index contributed by atoms with van der Waals surface area (Å²) in [4.78, 5) is 6.89. The van der Waals surface area contributed by atoms with Crippen LogP contribution in [0.2, 0.25) is 0 Å². The van der Waals surface area contributed by atoms with Crippen LogP contribution in [0, 0.1) is 0 Å². The van der Waals surface area contributed by atoms with Crippen LogP contribution in [0.4, 0.5) is 0 Å². The summed E-state index contributed by atoms with van der Waals surface area (Å²) < 4.78 is 5.85. The van der Waals surface area contributed by atoms with Crippen molar-refractivity contribution in [1.82, 2.24) is 15.5 Å². The summed E-state index contributed by atoms with van der Waals surface area (Å²) >= 11 is 0. The van der Waals surface area contributed by atoms with Crippen molar-refractivity contribution in [2.75, 3.05) is 39.3 Å². The molecule has 0 amide bonds. The SMILES string of the molecule is c1ccc(CN2CCOC(CNC3=NCCCN3)C2)cc1. The molecule has 3 rings (SSSR count). The fourth-order valence-electron chi connectivity index (χ4n) is 2.75. The van der Waals surface area contributed by atoms with Gasteiger partial charge in [-0.15, -0.1) is 0 Å². The van der Waals surface area contributed by atoms with Gasteiger partial charge in [0.2, 0.25) is 0 Å². The van der Waals surface area contributed by atoms with Crippen molar-refractivity contribution >= 4 is 5.96 Å². The normalized spacial score (nSPS) is 23.2. The molecule has 0 spiro atoms. The number of aliphatic imine (C=N–C) groups is 1. The molecule has 1 aromatic rings. The average Bonchev–Trinajstić information content (AvgIpc) is 2.55. The summed E-state index contributed by atoms with van der Waals surface area (Å²) in [6.45, 7) is 6.52. The molecule has 1 saturated heterocycles. The number of benzene rings is 1. The topological polar surface area (TPSA) is 48.9 Å². The van der Waals surface area contributed by atoms with Gasteiger partial charge in [-0.2, -0.15) is 0 Å². The Labute approximate surface area is 126 Å². The van der Waals surface area contributed by atoms with Gasteiger partial charge < -0.3 is 15.4 Å². The van der Waals surface area contributed by atoms with E-state index in [9.17, 15) is 0 Å². The Morgan fingerprint density at radius 3 is 3.05 bits per heavy atom. The molecule has 5 nitrogen and oxygen atoms in total. The van der Waals surface area contributed by atoms with Gasteiger partial charge in [-0.1, -0.05) is 30.3 Å². The van der Waals surface area contributed by atoms with Gasteiger partial charge in [-0.25, -0.2) is 0 Å². The number of hydrogen-bond acceptors (Lipinski definition) is 5. The first-order valence-corrected chi connectivity index (χ1v) is 7.80. The lowest BCUT2D eigenvalue weighted by Gasteiger charge is -2.33. The van der Waals surface area contributed by atoms with Gasteiger partial charge in [0.15, 0.2) is 5.96 Å². The maximum Gasteiger partial charge on any atom is 0.191 e. The average molecular weight is 288 g/mol. The zero-order chi connectivity index (χ0) is 14.3. The summed E-state index contributed by atoms with van der Waals surface area (Å²) in [5.74, 6) is 0.921. The van der Waals surface area contributed by atoms with Gasteiger partial charge in [0, 0.05) is 39.3 Å². The summed E-state index contributed by atoms with van der Waals surface area (Å²) in [6.07, 6.45) is 1.35. The van der Waals surface area contributed by atoms with Gasteiger partial charge in [0.05, 0.1) is 12.7 Å². The van der Waals surface area contributed by atoms with Crippen LogP contribution in [0.3, 0.4) is 0 Å². The van der Waals surface area contributed by atoms with Crippen LogP contribution in [0.25, 0.3) is 0 Å². The molecule has 0 aliphatic carbocycles. The molecular weight excluding hydrogens is 264 g/mol. The van der Waals surface area contributed by atoms with Crippen molar-refractivity contribution in [1.29, 1.82) is 0 Å². The van der Waals surface area contributed by atoms with E-state index in [1.165, 1.54) is 5.56 Å². The quantitative estimate of drug-likeness (QED) is 0.861. The lowest BCUT2D eigenvalue weighted by atomic mass is 10.2. The highest BCUT2D eigenvalue weighted by Crippen LogP contribution is 2.10. The van der Waals surface area contributed by atoms with E-state index >= 15 is 0 Å². The van der Waals surface area contributed by atoms with Gasteiger partial charge in [-0.3, -0.25) is 9.89 Å². The number of ether oxygens (including phenoxy) is 1. The van der Waals surface area contributed by atoms with E-state index in [1.54, 1.807) is 0 Å². The number of rotatable bonds is 4. The highest BCUT2D eigenvalue weighted by atomic mass is 16.5. The lowest BCUT2D eigenvalue weighted by molar-refractivity contribution is -0.0281. The molecule has 0 aromatic heterocycles. The van der Waals surface area contributed by atoms with E-state index in [4.69, 9.17) is 4.74 Å². The minimum Gasteiger partial charge on any atom is -0.374 e. The smallest absolute Gasteiger partial charge is 0.191 e. The molecule has 1 unspecified atom stereocenters. The first kappa shape index (κ1) is 14.4. The standard InChI is InChI=1S/C16H24N4O/c1-2-5-14(6-3-1)12-20-9-10-21-15(13-20)11-19-16-17-7-4-8-18-16/h1-3,5-6,15H,4,7-13H2,(H2,17,18,19). The Bertz CT molecular complexity index is 463. The molecule has 5 heteroatoms. The van der Waals surface area contributed by atoms with Gasteiger partial charge in [0.1, 0.15) is 0 Å². The van der Waals surface area contributed by atoms with E-state index in [0.29, 0.717) is 0 Å². The monoisotopic (exact) mass is 288 g/mol. The Balaban J connectivity index is 1.45. The fraction of sp³-hybridized carbons (Fsp3) is 0.562. The molecule has 0 radical (unpaired) electrons. The van der Waals surface area contributed by atoms with Crippen molar-refractivity contribution < 1.29 is 4.74 Å². The number of hydrogen-bond donors (Lipinski definition) is 2. The third-order valence-corrected chi connectivity index (χ3v) is 3.87. The molecule has 0 saturated carbocycles. The first-order chi connectivity index (χ1) is 10.4. The molecule has 1 atom stereocenters. The Morgan fingerprint density at radius 1 is 1.33 bits per heavy atom. The summed E-state index contributed by atoms with van der Waals surface area (Å²) in [7, 11) is 0. The van der Waals surface area contributed by atoms with E-state index < -0.39 is 0 Å². The van der Waals surface area contributed by atoms with Crippen molar-refractivity contribution in [3.8, 4) is 0 Å². The molecule has 0 bridgehead atoms. The largest absolute Gasteiger partial charge is 0.374 e. The third kappa shape index (κ3) is 4.44. The van der Waals surface area contributed by atoms with Crippen LogP contribution in [0.5, 0.6) is 0 Å². The van der Waals surface area contributed by atoms with Gasteiger partial charge >= 0.3 is 0 Å². The number of nitrogens with zero attached hydrogens (tertiary/aromatic N) is 2. The zero-order valence-electron chi connectivity index (χ0n) is 12.4. The third-order valence-electron chi connectivity index (χ3n) is 3.87. The molecule has 2 aliphatic rings. The second kappa shape index (κ2) is 7.43. The van der Waals surface area contributed by atoms with E-state index in [-0.39, 0.29) is 6.10 Å². The summed E-state index contributed by atoms with van der Waals surface area (Å²) in [5, 5.41) is 6.64. The van der Waals surface area contributed by atoms with Gasteiger partial charge in [0.25, 0.3) is 0 Å². The predicted molar refractivity (Wildman–Crippen MR) is 84.4 cm³/mol. The van der Waals surface area contributed by atoms with Crippen molar-refractivity contribution in [2.24, 2.45) is 4.99 Å². The molecular formula is C16H24N4O. The van der Waals surface area contributed by atoms with Gasteiger partial charge in [-0.05, 0) is 12.0 Å². The summed E-state index contributed by atoms with van der Waals surface area (Å²) in [5.41, 5.74) is 1.37. The molecule has 21 heavy (non-hydrogen) atoms. The van der Waals surface area contributed by atoms with Crippen molar-refractivity contribution in [3.63, 3.8) is 0 Å². The molecule has 2 heterocycles. The van der Waals surface area contributed by atoms with Crippen LogP contribution in [-0.4, -0.2) is 56.3 Å². The van der Waals surface area contributed by atoms with Crippen LogP contribution < -0.4 is 10.6 Å². The van der Waals surface area contributed by atoms with Crippen LogP contribution in [0.15, 0.2) is 35.3 Å². The maximum atomic E-state index is 5.85.